The molecule has 0 amide bonds. The zero-order valence-corrected chi connectivity index (χ0v) is 7.32. The molecule has 0 unspecified atom stereocenters. The van der Waals surface area contributed by atoms with Gasteiger partial charge in [0, 0.05) is 5.39 Å². The highest BCUT2D eigenvalue weighted by molar-refractivity contribution is 6.12. The first-order valence-electron chi connectivity index (χ1n) is 4.39. The smallest absolute Gasteiger partial charge is 0.204 e. The predicted molar refractivity (Wildman–Crippen MR) is 52.4 cm³/mol. The minimum absolute atomic E-state index is 0.0123. The van der Waals surface area contributed by atoms with Crippen LogP contribution in [0.1, 0.15) is 10.5 Å². The number of hydrogen-bond donors (Lipinski definition) is 1. The second-order valence-corrected chi connectivity index (χ2v) is 3.22. The fourth-order valence-corrected chi connectivity index (χ4v) is 1.68. The van der Waals surface area contributed by atoms with Gasteiger partial charge in [0.2, 0.25) is 5.78 Å². The fourth-order valence-electron chi connectivity index (χ4n) is 1.68. The third-order valence-electron chi connectivity index (χ3n) is 2.36. The van der Waals surface area contributed by atoms with Crippen molar-refractivity contribution in [3.8, 4) is 0 Å². The third kappa shape index (κ3) is 0.849. The highest BCUT2D eigenvalue weighted by Gasteiger charge is 2.23. The molecule has 68 valence electrons. The van der Waals surface area contributed by atoms with Crippen LogP contribution >= 0.6 is 0 Å². The van der Waals surface area contributed by atoms with E-state index in [0.717, 1.165) is 16.6 Å². The largest absolute Gasteiger partial charge is 0.375 e. The monoisotopic (exact) mass is 185 g/mol. The molecule has 1 N–H and O–H groups in total. The number of fused-ring (bicyclic) bond motifs is 3. The molecule has 14 heavy (non-hydrogen) atoms. The lowest BCUT2D eigenvalue weighted by atomic mass is 10.2. The Bertz CT molecular complexity index is 536. The van der Waals surface area contributed by atoms with Gasteiger partial charge in [0.25, 0.3) is 0 Å². The normalized spacial score (nSPS) is 14.1. The summed E-state index contributed by atoms with van der Waals surface area (Å²) in [5.74, 6) is 0.0123. The topological polar surface area (TPSA) is 54.9 Å². The fraction of sp³-hybridized carbons (Fsp3) is 0.100. The molecule has 1 aromatic heterocycles. The van der Waals surface area contributed by atoms with Crippen LogP contribution in [-0.2, 0) is 0 Å². The van der Waals surface area contributed by atoms with Crippen LogP contribution in [0.5, 0.6) is 0 Å². The Labute approximate surface area is 80.0 Å². The van der Waals surface area contributed by atoms with E-state index in [4.69, 9.17) is 0 Å². The Morgan fingerprint density at radius 3 is 3.00 bits per heavy atom. The minimum Gasteiger partial charge on any atom is -0.375 e. The van der Waals surface area contributed by atoms with Crippen molar-refractivity contribution in [2.75, 3.05) is 11.9 Å². The number of aromatic nitrogens is 2. The maximum Gasteiger partial charge on any atom is 0.204 e. The SMILES string of the molecule is O=C1CNc2c1nnc1ccccc21. The van der Waals surface area contributed by atoms with E-state index >= 15 is 0 Å². The van der Waals surface area contributed by atoms with E-state index in [2.05, 4.69) is 15.5 Å². The van der Waals surface area contributed by atoms with Crippen molar-refractivity contribution < 1.29 is 4.79 Å². The Hall–Kier alpha value is -1.97. The molecule has 0 bridgehead atoms. The number of rotatable bonds is 0. The average Bonchev–Trinajstić information content (AvgIpc) is 2.61. The van der Waals surface area contributed by atoms with Crippen LogP contribution in [0.15, 0.2) is 24.3 Å². The van der Waals surface area contributed by atoms with Gasteiger partial charge in [-0.25, -0.2) is 0 Å². The van der Waals surface area contributed by atoms with Crippen LogP contribution < -0.4 is 5.32 Å². The van der Waals surface area contributed by atoms with Crippen molar-refractivity contribution in [1.82, 2.24) is 10.2 Å². The van der Waals surface area contributed by atoms with E-state index in [9.17, 15) is 4.79 Å². The number of nitrogens with one attached hydrogen (secondary N) is 1. The molecule has 0 saturated heterocycles. The summed E-state index contributed by atoms with van der Waals surface area (Å²) >= 11 is 0. The summed E-state index contributed by atoms with van der Waals surface area (Å²) < 4.78 is 0. The zero-order valence-electron chi connectivity index (χ0n) is 7.32. The molecular weight excluding hydrogens is 178 g/mol. The van der Waals surface area contributed by atoms with E-state index in [-0.39, 0.29) is 5.78 Å². The van der Waals surface area contributed by atoms with E-state index in [1.54, 1.807) is 0 Å². The predicted octanol–water partition coefficient (Wildman–Crippen LogP) is 1.24. The third-order valence-corrected chi connectivity index (χ3v) is 2.36. The van der Waals surface area contributed by atoms with Gasteiger partial charge in [0.05, 0.1) is 17.7 Å². The number of carbonyl (C=O) groups is 1. The lowest BCUT2D eigenvalue weighted by molar-refractivity contribution is 0.101. The quantitative estimate of drug-likeness (QED) is 0.670. The number of anilines is 1. The molecule has 0 spiro atoms. The summed E-state index contributed by atoms with van der Waals surface area (Å²) in [6.07, 6.45) is 0. The number of ketones is 1. The van der Waals surface area contributed by atoms with Gasteiger partial charge in [-0.1, -0.05) is 18.2 Å². The van der Waals surface area contributed by atoms with E-state index in [1.807, 2.05) is 24.3 Å². The van der Waals surface area contributed by atoms with E-state index < -0.39 is 0 Å². The summed E-state index contributed by atoms with van der Waals surface area (Å²) in [6, 6.07) is 7.65. The van der Waals surface area contributed by atoms with Crippen LogP contribution in [0.3, 0.4) is 0 Å². The molecule has 1 aliphatic heterocycles. The first-order chi connectivity index (χ1) is 6.86. The molecule has 0 fully saturated rings. The maximum absolute atomic E-state index is 11.3. The van der Waals surface area contributed by atoms with Gasteiger partial charge in [-0.2, -0.15) is 0 Å². The van der Waals surface area contributed by atoms with Gasteiger partial charge in [-0.3, -0.25) is 4.79 Å². The van der Waals surface area contributed by atoms with E-state index in [0.29, 0.717) is 12.2 Å². The standard InChI is InChI=1S/C10H7N3O/c14-8-5-11-9-6-3-1-2-4-7(6)12-13-10(8)9/h1-4,11H,5H2. The zero-order chi connectivity index (χ0) is 9.54. The lowest BCUT2D eigenvalue weighted by Crippen LogP contribution is -2.02. The minimum atomic E-state index is 0.0123. The second-order valence-electron chi connectivity index (χ2n) is 3.22. The number of hydrogen-bond acceptors (Lipinski definition) is 4. The molecule has 0 saturated carbocycles. The molecule has 0 radical (unpaired) electrons. The van der Waals surface area contributed by atoms with Crippen molar-refractivity contribution in [3.05, 3.63) is 30.0 Å². The van der Waals surface area contributed by atoms with Gasteiger partial charge in [-0.15, -0.1) is 10.2 Å². The molecule has 1 aliphatic rings. The molecule has 0 aliphatic carbocycles. The summed E-state index contributed by atoms with van der Waals surface area (Å²) in [4.78, 5) is 11.3. The lowest BCUT2D eigenvalue weighted by Gasteiger charge is -2.01. The van der Waals surface area contributed by atoms with Crippen LogP contribution in [-0.4, -0.2) is 22.5 Å². The molecule has 4 nitrogen and oxygen atoms in total. The van der Waals surface area contributed by atoms with Crippen LogP contribution in [0.4, 0.5) is 5.69 Å². The maximum atomic E-state index is 11.3. The second kappa shape index (κ2) is 2.51. The molecular formula is C10H7N3O. The van der Waals surface area contributed by atoms with Crippen LogP contribution in [0, 0.1) is 0 Å². The van der Waals surface area contributed by atoms with Gasteiger partial charge in [0.15, 0.2) is 5.69 Å². The molecule has 1 aromatic carbocycles. The molecule has 2 heterocycles. The first kappa shape index (κ1) is 7.44. The van der Waals surface area contributed by atoms with Gasteiger partial charge < -0.3 is 5.32 Å². The summed E-state index contributed by atoms with van der Waals surface area (Å²) in [5.41, 5.74) is 2.10. The highest BCUT2D eigenvalue weighted by Crippen LogP contribution is 2.27. The summed E-state index contributed by atoms with van der Waals surface area (Å²) in [5, 5.41) is 11.9. The molecule has 0 atom stereocenters. The Morgan fingerprint density at radius 2 is 2.07 bits per heavy atom. The number of Topliss-reactive ketones (excluding diaryl/α,β-unsaturated/α-hetero) is 1. The van der Waals surface area contributed by atoms with Crippen LogP contribution in [0.25, 0.3) is 10.9 Å². The van der Waals surface area contributed by atoms with Crippen molar-refractivity contribution >= 4 is 22.4 Å². The summed E-state index contributed by atoms with van der Waals surface area (Å²) in [6.45, 7) is 0.331. The van der Waals surface area contributed by atoms with Crippen molar-refractivity contribution in [1.29, 1.82) is 0 Å². The molecule has 2 aromatic rings. The summed E-state index contributed by atoms with van der Waals surface area (Å²) in [7, 11) is 0. The highest BCUT2D eigenvalue weighted by atomic mass is 16.1. The number of benzene rings is 1. The van der Waals surface area contributed by atoms with Crippen LogP contribution in [0.2, 0.25) is 0 Å². The van der Waals surface area contributed by atoms with E-state index in [1.165, 1.54) is 0 Å². The van der Waals surface area contributed by atoms with Gasteiger partial charge in [0.1, 0.15) is 0 Å². The molecule has 3 rings (SSSR count). The van der Waals surface area contributed by atoms with Gasteiger partial charge in [-0.05, 0) is 6.07 Å². The van der Waals surface area contributed by atoms with Crippen molar-refractivity contribution in [3.63, 3.8) is 0 Å². The van der Waals surface area contributed by atoms with Crippen molar-refractivity contribution in [2.24, 2.45) is 0 Å². The van der Waals surface area contributed by atoms with Crippen molar-refractivity contribution in [2.45, 2.75) is 0 Å². The first-order valence-corrected chi connectivity index (χ1v) is 4.39. The Morgan fingerprint density at radius 1 is 1.21 bits per heavy atom. The number of carbonyl (C=O) groups excluding carboxylic acids is 1. The Kier molecular flexibility index (Phi) is 1.33. The Balaban J connectivity index is 2.44. The van der Waals surface area contributed by atoms with Gasteiger partial charge >= 0.3 is 0 Å². The average molecular weight is 185 g/mol. The number of nitrogens with zero attached hydrogens (tertiary/aromatic N) is 2. The molecule has 4 heteroatoms.